The van der Waals surface area contributed by atoms with Crippen molar-refractivity contribution in [1.82, 2.24) is 4.57 Å². The molecule has 0 amide bonds. The minimum absolute atomic E-state index is 0.0100. The lowest BCUT2D eigenvalue weighted by atomic mass is 10.1. The monoisotopic (exact) mass is 305 g/mol. The number of rotatable bonds is 5. The topological polar surface area (TPSA) is 31.2 Å². The normalized spacial score (nSPS) is 10.7. The highest BCUT2D eigenvalue weighted by atomic mass is 35.5. The summed E-state index contributed by atoms with van der Waals surface area (Å²) in [6.45, 7) is 6.00. The molecular formula is C17H20ClNO2. The van der Waals surface area contributed by atoms with Gasteiger partial charge in [-0.1, -0.05) is 18.5 Å². The van der Waals surface area contributed by atoms with Crippen molar-refractivity contribution in [3.05, 3.63) is 51.8 Å². The van der Waals surface area contributed by atoms with Gasteiger partial charge in [0.25, 0.3) is 0 Å². The lowest BCUT2D eigenvalue weighted by Crippen LogP contribution is -2.12. The lowest BCUT2D eigenvalue weighted by Gasteiger charge is -2.08. The molecule has 21 heavy (non-hydrogen) atoms. The van der Waals surface area contributed by atoms with Crippen molar-refractivity contribution >= 4 is 17.4 Å². The SMILES string of the molecule is CCc1cc(OCC(=O)c2cc(C)n(C)c2C)ccc1Cl. The number of ketones is 1. The average molecular weight is 306 g/mol. The van der Waals surface area contributed by atoms with E-state index < -0.39 is 0 Å². The number of aryl methyl sites for hydroxylation is 2. The number of carbonyl (C=O) groups excluding carboxylic acids is 1. The molecule has 0 radical (unpaired) electrons. The molecule has 3 nitrogen and oxygen atoms in total. The van der Waals surface area contributed by atoms with Crippen LogP contribution in [-0.4, -0.2) is 17.0 Å². The molecule has 0 saturated carbocycles. The Hall–Kier alpha value is -1.74. The molecule has 0 bridgehead atoms. The van der Waals surface area contributed by atoms with Gasteiger partial charge in [0.05, 0.1) is 0 Å². The minimum Gasteiger partial charge on any atom is -0.485 e. The highest BCUT2D eigenvalue weighted by Gasteiger charge is 2.14. The number of benzene rings is 1. The average Bonchev–Trinajstić information content (AvgIpc) is 2.73. The molecule has 0 aliphatic rings. The second-order valence-corrected chi connectivity index (χ2v) is 5.57. The fourth-order valence-electron chi connectivity index (χ4n) is 2.28. The second kappa shape index (κ2) is 6.35. The van der Waals surface area contributed by atoms with Crippen LogP contribution >= 0.6 is 11.6 Å². The van der Waals surface area contributed by atoms with Gasteiger partial charge >= 0.3 is 0 Å². The Kier molecular flexibility index (Phi) is 4.73. The first-order valence-corrected chi connectivity index (χ1v) is 7.39. The van der Waals surface area contributed by atoms with Crippen LogP contribution in [-0.2, 0) is 13.5 Å². The fourth-order valence-corrected chi connectivity index (χ4v) is 2.53. The summed E-state index contributed by atoms with van der Waals surface area (Å²) < 4.78 is 7.61. The molecule has 1 heterocycles. The first kappa shape index (κ1) is 15.6. The number of Topliss-reactive ketones (excluding diaryl/α,β-unsaturated/α-hetero) is 1. The van der Waals surface area contributed by atoms with Gasteiger partial charge in [-0.15, -0.1) is 0 Å². The van der Waals surface area contributed by atoms with Crippen LogP contribution in [0.1, 0.15) is 34.2 Å². The summed E-state index contributed by atoms with van der Waals surface area (Å²) in [6.07, 6.45) is 0.834. The maximum absolute atomic E-state index is 12.3. The Morgan fingerprint density at radius 1 is 1.29 bits per heavy atom. The van der Waals surface area contributed by atoms with E-state index >= 15 is 0 Å². The Bertz CT molecular complexity index is 674. The standard InChI is InChI=1S/C17H20ClNO2/c1-5-13-9-14(6-7-16(13)18)21-10-17(20)15-8-11(2)19(4)12(15)3/h6-9H,5,10H2,1-4H3. The predicted octanol–water partition coefficient (Wildman–Crippen LogP) is 4.12. The van der Waals surface area contributed by atoms with Gasteiger partial charge in [0, 0.05) is 29.0 Å². The number of carbonyl (C=O) groups is 1. The van der Waals surface area contributed by atoms with Gasteiger partial charge in [0.15, 0.2) is 6.61 Å². The van der Waals surface area contributed by atoms with E-state index in [1.807, 2.05) is 44.5 Å². The largest absolute Gasteiger partial charge is 0.485 e. The summed E-state index contributed by atoms with van der Waals surface area (Å²) in [5.41, 5.74) is 3.77. The summed E-state index contributed by atoms with van der Waals surface area (Å²) in [7, 11) is 1.95. The summed E-state index contributed by atoms with van der Waals surface area (Å²) in [5, 5.41) is 0.728. The van der Waals surface area contributed by atoms with E-state index in [9.17, 15) is 4.79 Å². The number of hydrogen-bond donors (Lipinski definition) is 0. The van der Waals surface area contributed by atoms with Crippen LogP contribution in [0.3, 0.4) is 0 Å². The summed E-state index contributed by atoms with van der Waals surface area (Å²) in [6, 6.07) is 7.38. The van der Waals surface area contributed by atoms with Crippen molar-refractivity contribution in [2.75, 3.05) is 6.61 Å². The number of aromatic nitrogens is 1. The zero-order chi connectivity index (χ0) is 15.6. The molecule has 0 atom stereocenters. The van der Waals surface area contributed by atoms with Gasteiger partial charge in [-0.3, -0.25) is 4.79 Å². The fraction of sp³-hybridized carbons (Fsp3) is 0.353. The highest BCUT2D eigenvalue weighted by molar-refractivity contribution is 6.31. The smallest absolute Gasteiger partial charge is 0.202 e. The van der Waals surface area contributed by atoms with Crippen LogP contribution < -0.4 is 4.74 Å². The van der Waals surface area contributed by atoms with Crippen LogP contribution in [0.4, 0.5) is 0 Å². The summed E-state index contributed by atoms with van der Waals surface area (Å²) in [5.74, 6) is 0.666. The third-order valence-corrected chi connectivity index (χ3v) is 4.21. The number of halogens is 1. The predicted molar refractivity (Wildman–Crippen MR) is 85.5 cm³/mol. The minimum atomic E-state index is -0.0100. The lowest BCUT2D eigenvalue weighted by molar-refractivity contribution is 0.0921. The molecule has 2 rings (SSSR count). The van der Waals surface area contributed by atoms with E-state index in [2.05, 4.69) is 0 Å². The molecule has 0 N–H and O–H groups in total. The van der Waals surface area contributed by atoms with Crippen molar-refractivity contribution in [2.24, 2.45) is 7.05 Å². The molecule has 0 aliphatic carbocycles. The Labute approximate surface area is 130 Å². The maximum atomic E-state index is 12.3. The Morgan fingerprint density at radius 3 is 2.57 bits per heavy atom. The van der Waals surface area contributed by atoms with Crippen molar-refractivity contribution in [3.63, 3.8) is 0 Å². The van der Waals surface area contributed by atoms with Crippen LogP contribution in [0.15, 0.2) is 24.3 Å². The second-order valence-electron chi connectivity index (χ2n) is 5.16. The first-order valence-electron chi connectivity index (χ1n) is 7.01. The zero-order valence-electron chi connectivity index (χ0n) is 12.9. The van der Waals surface area contributed by atoms with E-state index in [-0.39, 0.29) is 12.4 Å². The van der Waals surface area contributed by atoms with Crippen molar-refractivity contribution in [1.29, 1.82) is 0 Å². The Morgan fingerprint density at radius 2 is 2.00 bits per heavy atom. The molecule has 0 fully saturated rings. The van der Waals surface area contributed by atoms with Gasteiger partial charge < -0.3 is 9.30 Å². The third kappa shape index (κ3) is 3.30. The molecular weight excluding hydrogens is 286 g/mol. The summed E-state index contributed by atoms with van der Waals surface area (Å²) >= 11 is 6.07. The van der Waals surface area contributed by atoms with E-state index in [4.69, 9.17) is 16.3 Å². The molecule has 1 aromatic carbocycles. The molecule has 2 aromatic rings. The van der Waals surface area contributed by atoms with E-state index in [0.29, 0.717) is 5.75 Å². The van der Waals surface area contributed by atoms with Gasteiger partial charge in [0.2, 0.25) is 5.78 Å². The van der Waals surface area contributed by atoms with Crippen LogP contribution in [0.5, 0.6) is 5.75 Å². The first-order chi connectivity index (χ1) is 9.93. The third-order valence-electron chi connectivity index (χ3n) is 3.84. The number of nitrogens with zero attached hydrogens (tertiary/aromatic N) is 1. The van der Waals surface area contributed by atoms with Crippen LogP contribution in [0.25, 0.3) is 0 Å². The molecule has 4 heteroatoms. The molecule has 0 aliphatic heterocycles. The van der Waals surface area contributed by atoms with Gasteiger partial charge in [-0.25, -0.2) is 0 Å². The maximum Gasteiger partial charge on any atom is 0.202 e. The highest BCUT2D eigenvalue weighted by Crippen LogP contribution is 2.23. The number of ether oxygens (including phenoxy) is 1. The summed E-state index contributed by atoms with van der Waals surface area (Å²) in [4.78, 5) is 12.3. The van der Waals surface area contributed by atoms with Gasteiger partial charge in [-0.2, -0.15) is 0 Å². The van der Waals surface area contributed by atoms with Crippen LogP contribution in [0, 0.1) is 13.8 Å². The van der Waals surface area contributed by atoms with E-state index in [0.717, 1.165) is 34.0 Å². The van der Waals surface area contributed by atoms with E-state index in [1.165, 1.54) is 0 Å². The molecule has 0 unspecified atom stereocenters. The quantitative estimate of drug-likeness (QED) is 0.778. The Balaban J connectivity index is 2.09. The van der Waals surface area contributed by atoms with Crippen molar-refractivity contribution in [2.45, 2.75) is 27.2 Å². The molecule has 0 spiro atoms. The van der Waals surface area contributed by atoms with Crippen LogP contribution in [0.2, 0.25) is 5.02 Å². The van der Waals surface area contributed by atoms with Gasteiger partial charge in [0.1, 0.15) is 5.75 Å². The molecule has 0 saturated heterocycles. The van der Waals surface area contributed by atoms with Gasteiger partial charge in [-0.05, 0) is 50.1 Å². The van der Waals surface area contributed by atoms with E-state index in [1.54, 1.807) is 12.1 Å². The van der Waals surface area contributed by atoms with Crippen molar-refractivity contribution < 1.29 is 9.53 Å². The molecule has 1 aromatic heterocycles. The molecule has 112 valence electrons. The number of hydrogen-bond acceptors (Lipinski definition) is 2. The zero-order valence-corrected chi connectivity index (χ0v) is 13.6. The van der Waals surface area contributed by atoms with Crippen molar-refractivity contribution in [3.8, 4) is 5.75 Å².